The van der Waals surface area contributed by atoms with Gasteiger partial charge in [-0.2, -0.15) is 9.78 Å². The summed E-state index contributed by atoms with van der Waals surface area (Å²) >= 11 is 5.63. The normalized spacial score (nSPS) is 16.3. The van der Waals surface area contributed by atoms with Gasteiger partial charge in [-0.25, -0.2) is 0 Å². The Morgan fingerprint density at radius 1 is 1.29 bits per heavy atom. The molecule has 3 rings (SSSR count). The number of rotatable bonds is 3. The van der Waals surface area contributed by atoms with E-state index in [1.165, 1.54) is 10.5 Å². The van der Waals surface area contributed by atoms with Crippen LogP contribution in [0.3, 0.4) is 0 Å². The molecule has 1 aliphatic heterocycles. The lowest BCUT2D eigenvalue weighted by Gasteiger charge is -2.23. The second kappa shape index (κ2) is 6.09. The van der Waals surface area contributed by atoms with E-state index in [1.54, 1.807) is 0 Å². The number of hydrogen-bond acceptors (Lipinski definition) is 3. The molecule has 1 saturated heterocycles. The molecule has 0 bridgehead atoms. The number of ether oxygens (including phenoxy) is 1. The average Bonchev–Trinajstić information content (AvgIpc) is 2.74. The van der Waals surface area contributed by atoms with Crippen LogP contribution in [0.4, 0.5) is 0 Å². The van der Waals surface area contributed by atoms with Crippen LogP contribution < -0.4 is 4.90 Å². The van der Waals surface area contributed by atoms with Gasteiger partial charge in [0.25, 0.3) is 0 Å². The maximum atomic E-state index is 5.63. The zero-order valence-electron chi connectivity index (χ0n) is 12.5. The first kappa shape index (κ1) is 14.4. The molecule has 1 fully saturated rings. The number of nitrogens with one attached hydrogen (secondary N) is 1. The van der Waals surface area contributed by atoms with Crippen molar-refractivity contribution in [3.63, 3.8) is 0 Å². The van der Waals surface area contributed by atoms with Crippen molar-refractivity contribution < 1.29 is 9.64 Å². The third kappa shape index (κ3) is 3.07. The quantitative estimate of drug-likeness (QED) is 0.856. The summed E-state index contributed by atoms with van der Waals surface area (Å²) in [4.78, 5) is 1.46. The van der Waals surface area contributed by atoms with E-state index in [2.05, 4.69) is 36.3 Å². The minimum atomic E-state index is 0.761. The summed E-state index contributed by atoms with van der Waals surface area (Å²) < 4.78 is 10.1. The molecule has 1 aromatic heterocycles. The molecule has 21 heavy (non-hydrogen) atoms. The van der Waals surface area contributed by atoms with Gasteiger partial charge in [-0.1, -0.05) is 12.1 Å². The first-order chi connectivity index (χ1) is 10.1. The van der Waals surface area contributed by atoms with Gasteiger partial charge in [0, 0.05) is 5.69 Å². The van der Waals surface area contributed by atoms with Crippen LogP contribution in [0.2, 0.25) is 0 Å². The molecule has 0 amide bonds. The standard InChI is InChI=1S/C15H20N4OS/c1-12-4-3-5-14(10-12)19-13(2)16-18(15(19)21)11-17-6-8-20-9-7-17/h3-5,10H,6-9,11H2,1-2H3/p+1. The summed E-state index contributed by atoms with van der Waals surface area (Å²) in [5, 5.41) is 4.62. The Bertz CT molecular complexity index is 685. The molecule has 0 aliphatic carbocycles. The SMILES string of the molecule is Cc1cccc(-n2c(C)nn(C[NH+]3CCOCC3)c2=S)c1. The Kier molecular flexibility index (Phi) is 4.19. The second-order valence-corrected chi connectivity index (χ2v) is 5.89. The second-order valence-electron chi connectivity index (χ2n) is 5.52. The first-order valence-electron chi connectivity index (χ1n) is 7.30. The van der Waals surface area contributed by atoms with Crippen LogP contribution >= 0.6 is 12.2 Å². The highest BCUT2D eigenvalue weighted by atomic mass is 32.1. The van der Waals surface area contributed by atoms with E-state index >= 15 is 0 Å². The lowest BCUT2D eigenvalue weighted by molar-refractivity contribution is -0.930. The molecule has 5 nitrogen and oxygen atoms in total. The van der Waals surface area contributed by atoms with Crippen molar-refractivity contribution in [1.29, 1.82) is 0 Å². The molecule has 2 aromatic rings. The highest BCUT2D eigenvalue weighted by molar-refractivity contribution is 7.71. The summed E-state index contributed by atoms with van der Waals surface area (Å²) in [5.41, 5.74) is 2.31. The molecular formula is C15H21N4OS+. The van der Waals surface area contributed by atoms with Gasteiger partial charge in [0.15, 0.2) is 6.67 Å². The fourth-order valence-electron chi connectivity index (χ4n) is 2.71. The third-order valence-corrected chi connectivity index (χ3v) is 4.23. The molecule has 0 atom stereocenters. The highest BCUT2D eigenvalue weighted by Crippen LogP contribution is 2.13. The van der Waals surface area contributed by atoms with Crippen LogP contribution in [0.1, 0.15) is 11.4 Å². The van der Waals surface area contributed by atoms with Crippen LogP contribution in [0.25, 0.3) is 5.69 Å². The number of benzene rings is 1. The van der Waals surface area contributed by atoms with Gasteiger partial charge >= 0.3 is 0 Å². The lowest BCUT2D eigenvalue weighted by atomic mass is 10.2. The van der Waals surface area contributed by atoms with E-state index in [-0.39, 0.29) is 0 Å². The first-order valence-corrected chi connectivity index (χ1v) is 7.71. The van der Waals surface area contributed by atoms with Crippen LogP contribution in [-0.4, -0.2) is 40.7 Å². The van der Waals surface area contributed by atoms with Crippen molar-refractivity contribution in [2.24, 2.45) is 0 Å². The van der Waals surface area contributed by atoms with Crippen molar-refractivity contribution >= 4 is 12.2 Å². The fourth-order valence-corrected chi connectivity index (χ4v) is 3.06. The number of hydrogen-bond donors (Lipinski definition) is 1. The number of morpholine rings is 1. The Labute approximate surface area is 129 Å². The molecule has 1 aromatic carbocycles. The molecule has 2 heterocycles. The third-order valence-electron chi connectivity index (χ3n) is 3.83. The summed E-state index contributed by atoms with van der Waals surface area (Å²) in [7, 11) is 0. The lowest BCUT2D eigenvalue weighted by Crippen LogP contribution is -3.13. The van der Waals surface area contributed by atoms with Crippen molar-refractivity contribution in [1.82, 2.24) is 14.3 Å². The van der Waals surface area contributed by atoms with Crippen LogP contribution in [0.15, 0.2) is 24.3 Å². The van der Waals surface area contributed by atoms with E-state index in [1.807, 2.05) is 16.2 Å². The monoisotopic (exact) mass is 305 g/mol. The van der Waals surface area contributed by atoms with Gasteiger partial charge in [0.1, 0.15) is 18.9 Å². The maximum Gasteiger partial charge on any atom is 0.207 e. The topological polar surface area (TPSA) is 36.4 Å². The van der Waals surface area contributed by atoms with E-state index < -0.39 is 0 Å². The summed E-state index contributed by atoms with van der Waals surface area (Å²) in [5.74, 6) is 0.929. The minimum absolute atomic E-state index is 0.761. The van der Waals surface area contributed by atoms with Crippen molar-refractivity contribution in [2.75, 3.05) is 26.3 Å². The summed E-state index contributed by atoms with van der Waals surface area (Å²) in [6.07, 6.45) is 0. The van der Waals surface area contributed by atoms with Crippen LogP contribution in [-0.2, 0) is 11.4 Å². The number of aryl methyl sites for hydroxylation is 2. The van der Waals surface area contributed by atoms with Gasteiger partial charge < -0.3 is 9.64 Å². The Morgan fingerprint density at radius 3 is 2.76 bits per heavy atom. The molecule has 6 heteroatoms. The molecule has 1 aliphatic rings. The van der Waals surface area contributed by atoms with E-state index in [0.717, 1.165) is 49.3 Å². The zero-order valence-corrected chi connectivity index (χ0v) is 13.3. The van der Waals surface area contributed by atoms with Gasteiger partial charge in [0.2, 0.25) is 4.77 Å². The largest absolute Gasteiger partial charge is 0.370 e. The number of nitrogens with zero attached hydrogens (tertiary/aromatic N) is 3. The predicted octanol–water partition coefficient (Wildman–Crippen LogP) is 0.893. The summed E-state index contributed by atoms with van der Waals surface area (Å²) in [6, 6.07) is 8.35. The van der Waals surface area contributed by atoms with E-state index in [4.69, 9.17) is 17.0 Å². The zero-order chi connectivity index (χ0) is 14.8. The van der Waals surface area contributed by atoms with E-state index in [9.17, 15) is 0 Å². The molecule has 1 N–H and O–H groups in total. The smallest absolute Gasteiger partial charge is 0.207 e. The van der Waals surface area contributed by atoms with E-state index in [0.29, 0.717) is 0 Å². The molecule has 0 unspecified atom stereocenters. The molecule has 112 valence electrons. The maximum absolute atomic E-state index is 5.63. The highest BCUT2D eigenvalue weighted by Gasteiger charge is 2.17. The fraction of sp³-hybridized carbons (Fsp3) is 0.467. The van der Waals surface area contributed by atoms with Gasteiger partial charge in [0.05, 0.1) is 13.2 Å². The average molecular weight is 305 g/mol. The Morgan fingerprint density at radius 2 is 2.05 bits per heavy atom. The van der Waals surface area contributed by atoms with Crippen LogP contribution in [0, 0.1) is 18.6 Å². The molecule has 0 saturated carbocycles. The van der Waals surface area contributed by atoms with Gasteiger partial charge in [-0.3, -0.25) is 4.57 Å². The van der Waals surface area contributed by atoms with Gasteiger partial charge in [-0.05, 0) is 43.8 Å². The summed E-state index contributed by atoms with van der Waals surface area (Å²) in [6.45, 7) is 8.56. The van der Waals surface area contributed by atoms with Gasteiger partial charge in [-0.15, -0.1) is 0 Å². The van der Waals surface area contributed by atoms with Crippen molar-refractivity contribution in [3.05, 3.63) is 40.4 Å². The Hall–Kier alpha value is -1.50. The Balaban J connectivity index is 1.91. The molecule has 0 radical (unpaired) electrons. The van der Waals surface area contributed by atoms with Crippen molar-refractivity contribution in [2.45, 2.75) is 20.5 Å². The molecular weight excluding hydrogens is 284 g/mol. The minimum Gasteiger partial charge on any atom is -0.370 e. The molecule has 0 spiro atoms. The van der Waals surface area contributed by atoms with Crippen LogP contribution in [0.5, 0.6) is 0 Å². The van der Waals surface area contributed by atoms with Crippen molar-refractivity contribution in [3.8, 4) is 5.69 Å². The number of quaternary nitrogens is 1. The predicted molar refractivity (Wildman–Crippen MR) is 83.4 cm³/mol. The number of aromatic nitrogens is 3.